The summed E-state index contributed by atoms with van der Waals surface area (Å²) in [5.74, 6) is 1.88. The highest BCUT2D eigenvalue weighted by atomic mass is 32.2. The Labute approximate surface area is 101 Å². The number of amides is 1. The van der Waals surface area contributed by atoms with E-state index in [1.165, 1.54) is 6.42 Å². The predicted molar refractivity (Wildman–Crippen MR) is 64.5 cm³/mol. The summed E-state index contributed by atoms with van der Waals surface area (Å²) in [7, 11) is 1.79. The Morgan fingerprint density at radius 1 is 1.44 bits per heavy atom. The molecule has 0 aromatic heterocycles. The maximum atomic E-state index is 12.0. The highest BCUT2D eigenvalue weighted by molar-refractivity contribution is 8.01. The molecule has 2 aliphatic heterocycles. The summed E-state index contributed by atoms with van der Waals surface area (Å²) in [6.45, 7) is 1.93. The molecule has 1 saturated carbocycles. The molecule has 3 aliphatic rings. The van der Waals surface area contributed by atoms with Gasteiger partial charge in [-0.2, -0.15) is 0 Å². The lowest BCUT2D eigenvalue weighted by atomic mass is 9.82. The second-order valence-electron chi connectivity index (χ2n) is 5.38. The molecule has 1 aliphatic carbocycles. The summed E-state index contributed by atoms with van der Waals surface area (Å²) in [5, 5.41) is 0. The largest absolute Gasteiger partial charge is 0.381 e. The number of likely N-dealkylation sites (tertiary alicyclic amines) is 1. The van der Waals surface area contributed by atoms with Crippen LogP contribution in [0.2, 0.25) is 0 Å². The number of hydrogen-bond donors (Lipinski definition) is 0. The maximum Gasteiger partial charge on any atom is 0.225 e. The van der Waals surface area contributed by atoms with E-state index in [1.807, 2.05) is 11.8 Å². The molecule has 0 aromatic rings. The number of carbonyl (C=O) groups excluding carboxylic acids is 1. The number of thioether (sulfide) groups is 1. The van der Waals surface area contributed by atoms with E-state index >= 15 is 0 Å². The zero-order chi connectivity index (χ0) is 11.2. The zero-order valence-electron chi connectivity index (χ0n) is 9.78. The smallest absolute Gasteiger partial charge is 0.225 e. The van der Waals surface area contributed by atoms with Crippen LogP contribution in [0.5, 0.6) is 0 Å². The first-order chi connectivity index (χ1) is 7.72. The van der Waals surface area contributed by atoms with Gasteiger partial charge < -0.3 is 9.64 Å². The quantitative estimate of drug-likeness (QED) is 0.734. The highest BCUT2D eigenvalue weighted by Gasteiger charge is 2.51. The molecule has 0 radical (unpaired) electrons. The van der Waals surface area contributed by atoms with Crippen molar-refractivity contribution in [2.45, 2.75) is 36.5 Å². The molecule has 0 bridgehead atoms. The Hall–Kier alpha value is -0.220. The maximum absolute atomic E-state index is 12.0. The van der Waals surface area contributed by atoms with Crippen molar-refractivity contribution in [2.24, 2.45) is 5.92 Å². The second kappa shape index (κ2) is 3.91. The van der Waals surface area contributed by atoms with E-state index in [4.69, 9.17) is 4.74 Å². The second-order valence-corrected chi connectivity index (χ2v) is 6.87. The summed E-state index contributed by atoms with van der Waals surface area (Å²) in [4.78, 5) is 14.0. The lowest BCUT2D eigenvalue weighted by Crippen LogP contribution is -2.62. The number of ether oxygens (including phenoxy) is 1. The predicted octanol–water partition coefficient (Wildman–Crippen LogP) is 1.52. The van der Waals surface area contributed by atoms with Crippen molar-refractivity contribution in [1.29, 1.82) is 0 Å². The average Bonchev–Trinajstić information content (AvgIpc) is 2.56. The van der Waals surface area contributed by atoms with E-state index in [0.29, 0.717) is 22.7 Å². The van der Waals surface area contributed by atoms with Crippen LogP contribution in [0, 0.1) is 5.92 Å². The number of rotatable bonds is 2. The SMILES string of the molecule is CO[C@@H]1CSC2(C1)CN(C(=O)C1CCC1)C2. The van der Waals surface area contributed by atoms with Crippen LogP contribution in [-0.2, 0) is 9.53 Å². The number of carbonyl (C=O) groups is 1. The fraction of sp³-hybridized carbons (Fsp3) is 0.917. The third-order valence-corrected chi connectivity index (χ3v) is 5.81. The number of hydrogen-bond acceptors (Lipinski definition) is 3. The van der Waals surface area contributed by atoms with Crippen LogP contribution in [0.1, 0.15) is 25.7 Å². The van der Waals surface area contributed by atoms with Crippen molar-refractivity contribution in [2.75, 3.05) is 26.0 Å². The van der Waals surface area contributed by atoms with Gasteiger partial charge in [0.1, 0.15) is 0 Å². The van der Waals surface area contributed by atoms with E-state index in [1.54, 1.807) is 7.11 Å². The van der Waals surface area contributed by atoms with Crippen molar-refractivity contribution in [1.82, 2.24) is 4.90 Å². The summed E-state index contributed by atoms with van der Waals surface area (Å²) in [6, 6.07) is 0. The van der Waals surface area contributed by atoms with Crippen LogP contribution < -0.4 is 0 Å². The molecule has 3 rings (SSSR count). The number of methoxy groups -OCH3 is 1. The minimum atomic E-state index is 0.347. The van der Waals surface area contributed by atoms with Gasteiger partial charge >= 0.3 is 0 Å². The lowest BCUT2D eigenvalue weighted by molar-refractivity contribution is -0.143. The Morgan fingerprint density at radius 3 is 2.69 bits per heavy atom. The fourth-order valence-electron chi connectivity index (χ4n) is 2.89. The molecule has 1 amide bonds. The monoisotopic (exact) mass is 241 g/mol. The summed E-state index contributed by atoms with van der Waals surface area (Å²) >= 11 is 2.00. The molecule has 0 unspecified atom stereocenters. The molecule has 3 fully saturated rings. The molecule has 16 heavy (non-hydrogen) atoms. The molecule has 0 aromatic carbocycles. The molecule has 0 N–H and O–H groups in total. The van der Waals surface area contributed by atoms with Crippen molar-refractivity contribution in [3.63, 3.8) is 0 Å². The molecule has 1 atom stereocenters. The Balaban J connectivity index is 1.52. The Morgan fingerprint density at radius 2 is 2.19 bits per heavy atom. The summed E-state index contributed by atoms with van der Waals surface area (Å²) in [5.41, 5.74) is 0. The minimum Gasteiger partial charge on any atom is -0.381 e. The molecule has 90 valence electrons. The van der Waals surface area contributed by atoms with Gasteiger partial charge in [-0.15, -0.1) is 11.8 Å². The molecule has 4 heteroatoms. The van der Waals surface area contributed by atoms with Crippen LogP contribution in [0.3, 0.4) is 0 Å². The van der Waals surface area contributed by atoms with E-state index in [2.05, 4.69) is 4.90 Å². The molecule has 3 nitrogen and oxygen atoms in total. The van der Waals surface area contributed by atoms with E-state index in [-0.39, 0.29) is 0 Å². The fourth-order valence-corrected chi connectivity index (χ4v) is 4.48. The van der Waals surface area contributed by atoms with Gasteiger partial charge in [-0.3, -0.25) is 4.79 Å². The van der Waals surface area contributed by atoms with Crippen LogP contribution in [0.4, 0.5) is 0 Å². The Kier molecular flexibility index (Phi) is 2.67. The molecule has 1 spiro atoms. The third-order valence-electron chi connectivity index (χ3n) is 4.23. The lowest BCUT2D eigenvalue weighted by Gasteiger charge is -2.49. The van der Waals surface area contributed by atoms with E-state index in [9.17, 15) is 4.79 Å². The Bertz CT molecular complexity index is 297. The van der Waals surface area contributed by atoms with Gasteiger partial charge in [0.2, 0.25) is 5.91 Å². The van der Waals surface area contributed by atoms with Gasteiger partial charge in [0.15, 0.2) is 0 Å². The summed E-state index contributed by atoms with van der Waals surface area (Å²) in [6.07, 6.45) is 5.02. The van der Waals surface area contributed by atoms with Crippen molar-refractivity contribution in [3.8, 4) is 0 Å². The van der Waals surface area contributed by atoms with Crippen molar-refractivity contribution in [3.05, 3.63) is 0 Å². The van der Waals surface area contributed by atoms with Gasteiger partial charge in [0.25, 0.3) is 0 Å². The first-order valence-corrected chi connectivity index (χ1v) is 7.16. The van der Waals surface area contributed by atoms with Crippen LogP contribution in [-0.4, -0.2) is 47.6 Å². The highest BCUT2D eigenvalue weighted by Crippen LogP contribution is 2.46. The summed E-state index contributed by atoms with van der Waals surface area (Å²) < 4.78 is 5.74. The topological polar surface area (TPSA) is 29.5 Å². The molecular weight excluding hydrogens is 222 g/mol. The third kappa shape index (κ3) is 1.66. The van der Waals surface area contributed by atoms with Crippen molar-refractivity contribution < 1.29 is 9.53 Å². The number of nitrogens with zero attached hydrogens (tertiary/aromatic N) is 1. The molecule has 2 heterocycles. The molecular formula is C12H19NO2S. The van der Waals surface area contributed by atoms with Gasteiger partial charge in [-0.1, -0.05) is 6.42 Å². The zero-order valence-corrected chi connectivity index (χ0v) is 10.6. The first kappa shape index (κ1) is 10.9. The van der Waals surface area contributed by atoms with Crippen LogP contribution in [0.15, 0.2) is 0 Å². The van der Waals surface area contributed by atoms with Gasteiger partial charge in [0, 0.05) is 31.9 Å². The van der Waals surface area contributed by atoms with Crippen LogP contribution in [0.25, 0.3) is 0 Å². The van der Waals surface area contributed by atoms with Gasteiger partial charge in [-0.05, 0) is 19.3 Å². The minimum absolute atomic E-state index is 0.347. The average molecular weight is 241 g/mol. The van der Waals surface area contributed by atoms with Gasteiger partial charge in [0.05, 0.1) is 10.9 Å². The van der Waals surface area contributed by atoms with Crippen molar-refractivity contribution >= 4 is 17.7 Å². The molecule has 2 saturated heterocycles. The first-order valence-electron chi connectivity index (χ1n) is 6.18. The van der Waals surface area contributed by atoms with Gasteiger partial charge in [-0.25, -0.2) is 0 Å². The normalized spacial score (nSPS) is 32.6. The standard InChI is InChI=1S/C12H19NO2S/c1-15-10-5-12(16-6-10)7-13(8-12)11(14)9-3-2-4-9/h9-10H,2-8H2,1H3/t10-/m0/s1. The van der Waals surface area contributed by atoms with E-state index in [0.717, 1.165) is 38.1 Å². The van der Waals surface area contributed by atoms with Crippen LogP contribution >= 0.6 is 11.8 Å². The van der Waals surface area contributed by atoms with E-state index < -0.39 is 0 Å².